The van der Waals surface area contributed by atoms with Crippen LogP contribution in [-0.4, -0.2) is 22.7 Å². The largest absolute Gasteiger partial charge is 0.325 e. The summed E-state index contributed by atoms with van der Waals surface area (Å²) in [6.45, 7) is 4.11. The maximum atomic E-state index is 11.5. The van der Waals surface area contributed by atoms with Crippen molar-refractivity contribution >= 4 is 39.3 Å². The van der Waals surface area contributed by atoms with Crippen LogP contribution in [0.15, 0.2) is 18.2 Å². The van der Waals surface area contributed by atoms with Crippen molar-refractivity contribution in [2.24, 2.45) is 0 Å². The molecular formula is C12H16BrNOS. The predicted octanol–water partition coefficient (Wildman–Crippen LogP) is 3.37. The normalized spacial score (nSPS) is 10.2. The van der Waals surface area contributed by atoms with Crippen LogP contribution in [0.3, 0.4) is 0 Å². The molecule has 0 saturated heterocycles. The average molecular weight is 302 g/mol. The summed E-state index contributed by atoms with van der Waals surface area (Å²) in [5.41, 5.74) is 3.32. The third-order valence-electron chi connectivity index (χ3n) is 2.25. The zero-order chi connectivity index (χ0) is 12.0. The monoisotopic (exact) mass is 301 g/mol. The molecule has 88 valence electrons. The summed E-state index contributed by atoms with van der Waals surface area (Å²) >= 11 is 4.96. The van der Waals surface area contributed by atoms with Crippen molar-refractivity contribution in [2.45, 2.75) is 13.8 Å². The second-order valence-corrected chi connectivity index (χ2v) is 5.49. The molecule has 1 rings (SSSR count). The van der Waals surface area contributed by atoms with Gasteiger partial charge in [-0.1, -0.05) is 22.0 Å². The van der Waals surface area contributed by atoms with E-state index in [1.54, 1.807) is 11.8 Å². The predicted molar refractivity (Wildman–Crippen MR) is 75.7 cm³/mol. The molecule has 0 bridgehead atoms. The average Bonchev–Trinajstić information content (AvgIpc) is 2.24. The van der Waals surface area contributed by atoms with Crippen LogP contribution in [0.25, 0.3) is 0 Å². The van der Waals surface area contributed by atoms with Crippen molar-refractivity contribution in [2.75, 3.05) is 22.2 Å². The van der Waals surface area contributed by atoms with Gasteiger partial charge in [0.15, 0.2) is 0 Å². The van der Waals surface area contributed by atoms with Crippen molar-refractivity contribution in [1.29, 1.82) is 0 Å². The van der Waals surface area contributed by atoms with Crippen LogP contribution in [0.5, 0.6) is 0 Å². The van der Waals surface area contributed by atoms with E-state index in [0.29, 0.717) is 5.75 Å². The number of nitrogens with one attached hydrogen (secondary N) is 1. The van der Waals surface area contributed by atoms with E-state index in [4.69, 9.17) is 0 Å². The molecule has 4 heteroatoms. The number of thioether (sulfide) groups is 1. The lowest BCUT2D eigenvalue weighted by atomic mass is 10.1. The third-order valence-corrected chi connectivity index (χ3v) is 4.13. The molecule has 16 heavy (non-hydrogen) atoms. The number of hydrogen-bond acceptors (Lipinski definition) is 2. The lowest BCUT2D eigenvalue weighted by molar-refractivity contribution is -0.113. The number of carbonyl (C=O) groups is 1. The SMILES string of the molecule is Cc1ccc(NC(=O)CSCCBr)cc1C. The molecule has 0 saturated carbocycles. The summed E-state index contributed by atoms with van der Waals surface area (Å²) in [4.78, 5) is 11.5. The first-order valence-electron chi connectivity index (χ1n) is 5.14. The van der Waals surface area contributed by atoms with E-state index in [-0.39, 0.29) is 5.91 Å². The van der Waals surface area contributed by atoms with Crippen LogP contribution < -0.4 is 5.32 Å². The highest BCUT2D eigenvalue weighted by molar-refractivity contribution is 9.09. The van der Waals surface area contributed by atoms with Gasteiger partial charge in [-0.25, -0.2) is 0 Å². The first-order valence-corrected chi connectivity index (χ1v) is 7.42. The molecule has 0 spiro atoms. The molecule has 1 aromatic carbocycles. The smallest absolute Gasteiger partial charge is 0.234 e. The molecule has 0 unspecified atom stereocenters. The van der Waals surface area contributed by atoms with Crippen LogP contribution >= 0.6 is 27.7 Å². The Hall–Kier alpha value is -0.480. The van der Waals surface area contributed by atoms with Gasteiger partial charge in [0.25, 0.3) is 0 Å². The minimum Gasteiger partial charge on any atom is -0.325 e. The second-order valence-electron chi connectivity index (χ2n) is 3.59. The van der Waals surface area contributed by atoms with Gasteiger partial charge in [-0.05, 0) is 37.1 Å². The number of rotatable bonds is 5. The van der Waals surface area contributed by atoms with Gasteiger partial charge in [-0.15, -0.1) is 0 Å². The summed E-state index contributed by atoms with van der Waals surface area (Å²) in [6.07, 6.45) is 0. The maximum Gasteiger partial charge on any atom is 0.234 e. The van der Waals surface area contributed by atoms with Crippen molar-refractivity contribution in [3.8, 4) is 0 Å². The number of aryl methyl sites for hydroxylation is 2. The molecule has 0 heterocycles. The van der Waals surface area contributed by atoms with Gasteiger partial charge in [0, 0.05) is 16.8 Å². The Morgan fingerprint density at radius 3 is 2.75 bits per heavy atom. The van der Waals surface area contributed by atoms with Crippen molar-refractivity contribution < 1.29 is 4.79 Å². The fraction of sp³-hybridized carbons (Fsp3) is 0.417. The second kappa shape index (κ2) is 6.97. The maximum absolute atomic E-state index is 11.5. The van der Waals surface area contributed by atoms with Gasteiger partial charge < -0.3 is 5.32 Å². The van der Waals surface area contributed by atoms with Crippen LogP contribution in [-0.2, 0) is 4.79 Å². The Bertz CT molecular complexity index is 368. The minimum absolute atomic E-state index is 0.0641. The van der Waals surface area contributed by atoms with Gasteiger partial charge in [0.05, 0.1) is 5.75 Å². The standard InChI is InChI=1S/C12H16BrNOS/c1-9-3-4-11(7-10(9)2)14-12(15)8-16-6-5-13/h3-4,7H,5-6,8H2,1-2H3,(H,14,15). The van der Waals surface area contributed by atoms with E-state index in [1.165, 1.54) is 11.1 Å². The molecule has 0 aliphatic rings. The molecule has 0 aliphatic carbocycles. The Morgan fingerprint density at radius 2 is 2.12 bits per heavy atom. The van der Waals surface area contributed by atoms with Crippen molar-refractivity contribution in [3.05, 3.63) is 29.3 Å². The lowest BCUT2D eigenvalue weighted by Crippen LogP contribution is -2.14. The Morgan fingerprint density at radius 1 is 1.38 bits per heavy atom. The summed E-state index contributed by atoms with van der Waals surface area (Å²) < 4.78 is 0. The molecule has 1 aromatic rings. The summed E-state index contributed by atoms with van der Waals surface area (Å²) in [5.74, 6) is 1.54. The fourth-order valence-corrected chi connectivity index (χ4v) is 2.43. The van der Waals surface area contributed by atoms with Gasteiger partial charge in [0.2, 0.25) is 5.91 Å². The number of halogens is 1. The number of amides is 1. The highest BCUT2D eigenvalue weighted by Crippen LogP contribution is 2.14. The number of hydrogen-bond donors (Lipinski definition) is 1. The quantitative estimate of drug-likeness (QED) is 0.667. The number of benzene rings is 1. The minimum atomic E-state index is 0.0641. The van der Waals surface area contributed by atoms with E-state index in [9.17, 15) is 4.79 Å². The Kier molecular flexibility index (Phi) is 5.91. The van der Waals surface area contributed by atoms with E-state index in [0.717, 1.165) is 16.8 Å². The molecule has 0 fully saturated rings. The molecule has 2 nitrogen and oxygen atoms in total. The van der Waals surface area contributed by atoms with Crippen LogP contribution in [0.1, 0.15) is 11.1 Å². The van der Waals surface area contributed by atoms with Crippen molar-refractivity contribution in [3.63, 3.8) is 0 Å². The Labute approximate surface area is 109 Å². The molecule has 0 aliphatic heterocycles. The fourth-order valence-electron chi connectivity index (χ4n) is 1.24. The van der Waals surface area contributed by atoms with Gasteiger partial charge >= 0.3 is 0 Å². The van der Waals surface area contributed by atoms with Crippen LogP contribution in [0, 0.1) is 13.8 Å². The van der Waals surface area contributed by atoms with Crippen LogP contribution in [0.2, 0.25) is 0 Å². The summed E-state index contributed by atoms with van der Waals surface area (Å²) in [5, 5.41) is 3.82. The zero-order valence-corrected chi connectivity index (χ0v) is 12.0. The van der Waals surface area contributed by atoms with E-state index in [2.05, 4.69) is 28.2 Å². The molecule has 0 aromatic heterocycles. The third kappa shape index (κ3) is 4.58. The lowest BCUT2D eigenvalue weighted by Gasteiger charge is -2.07. The topological polar surface area (TPSA) is 29.1 Å². The highest BCUT2D eigenvalue weighted by Gasteiger charge is 2.02. The first kappa shape index (κ1) is 13.6. The number of alkyl halides is 1. The molecule has 1 N–H and O–H groups in total. The summed E-state index contributed by atoms with van der Waals surface area (Å²) in [6, 6.07) is 5.97. The summed E-state index contributed by atoms with van der Waals surface area (Å²) in [7, 11) is 0. The first-order chi connectivity index (χ1) is 7.63. The van der Waals surface area contributed by atoms with Crippen LogP contribution in [0.4, 0.5) is 5.69 Å². The van der Waals surface area contributed by atoms with E-state index in [1.807, 2.05) is 25.1 Å². The van der Waals surface area contributed by atoms with Gasteiger partial charge in [-0.3, -0.25) is 4.79 Å². The Balaban J connectivity index is 2.46. The van der Waals surface area contributed by atoms with Gasteiger partial charge in [0.1, 0.15) is 0 Å². The van der Waals surface area contributed by atoms with E-state index >= 15 is 0 Å². The van der Waals surface area contributed by atoms with E-state index < -0.39 is 0 Å². The molecule has 0 radical (unpaired) electrons. The zero-order valence-electron chi connectivity index (χ0n) is 9.55. The van der Waals surface area contributed by atoms with Crippen molar-refractivity contribution in [1.82, 2.24) is 0 Å². The highest BCUT2D eigenvalue weighted by atomic mass is 79.9. The number of anilines is 1. The molecular weight excluding hydrogens is 286 g/mol. The molecule has 0 atom stereocenters. The number of carbonyl (C=O) groups excluding carboxylic acids is 1. The van der Waals surface area contributed by atoms with Gasteiger partial charge in [-0.2, -0.15) is 11.8 Å². The molecule has 1 amide bonds.